The topological polar surface area (TPSA) is 69.6 Å². The predicted molar refractivity (Wildman–Crippen MR) is 213 cm³/mol. The summed E-state index contributed by atoms with van der Waals surface area (Å²) in [5.41, 5.74) is 12.4. The van der Waals surface area contributed by atoms with E-state index in [2.05, 4.69) is 103 Å². The molecule has 0 saturated heterocycles. The third kappa shape index (κ3) is 4.45. The van der Waals surface area contributed by atoms with Crippen LogP contribution in [0.2, 0.25) is 0 Å². The summed E-state index contributed by atoms with van der Waals surface area (Å²) in [5.74, 6) is 1.85. The second kappa shape index (κ2) is 11.0. The van der Waals surface area contributed by atoms with Gasteiger partial charge in [0.15, 0.2) is 17.5 Å². The Bertz CT molecular complexity index is 3050. The minimum Gasteiger partial charge on any atom is -0.456 e. The van der Waals surface area contributed by atoms with Crippen molar-refractivity contribution in [2.24, 2.45) is 0 Å². The lowest BCUT2D eigenvalue weighted by atomic mass is 9.82. The van der Waals surface area contributed by atoms with Crippen molar-refractivity contribution in [1.29, 1.82) is 0 Å². The number of nitrogens with zero attached hydrogens (tertiary/aromatic N) is 5. The Morgan fingerprint density at radius 3 is 2.02 bits per heavy atom. The van der Waals surface area contributed by atoms with Crippen molar-refractivity contribution in [1.82, 2.24) is 24.5 Å². The maximum atomic E-state index is 6.25. The molecule has 11 rings (SSSR count). The minimum absolute atomic E-state index is 0.215. The Morgan fingerprint density at radius 2 is 1.17 bits per heavy atom. The van der Waals surface area contributed by atoms with E-state index < -0.39 is 0 Å². The van der Waals surface area contributed by atoms with Crippen molar-refractivity contribution in [3.05, 3.63) is 163 Å². The van der Waals surface area contributed by atoms with Gasteiger partial charge in [-0.3, -0.25) is 4.57 Å². The van der Waals surface area contributed by atoms with Gasteiger partial charge >= 0.3 is 0 Å². The smallest absolute Gasteiger partial charge is 0.164 e. The van der Waals surface area contributed by atoms with Crippen LogP contribution in [0.25, 0.3) is 94.9 Å². The highest BCUT2D eigenvalue weighted by atomic mass is 16.3. The molecule has 0 bridgehead atoms. The molecule has 1 aliphatic carbocycles. The van der Waals surface area contributed by atoms with Gasteiger partial charge in [-0.05, 0) is 76.9 Å². The van der Waals surface area contributed by atoms with Crippen LogP contribution >= 0.6 is 0 Å². The Labute approximate surface area is 305 Å². The maximum absolute atomic E-state index is 6.25. The van der Waals surface area contributed by atoms with E-state index in [1.54, 1.807) is 0 Å². The van der Waals surface area contributed by atoms with E-state index in [1.165, 1.54) is 27.6 Å². The summed E-state index contributed by atoms with van der Waals surface area (Å²) < 4.78 is 8.53. The van der Waals surface area contributed by atoms with E-state index in [0.717, 1.165) is 60.9 Å². The molecule has 0 unspecified atom stereocenters. The van der Waals surface area contributed by atoms with E-state index in [1.807, 2.05) is 66.9 Å². The first-order chi connectivity index (χ1) is 26.0. The fraction of sp³-hybridized carbons (Fsp3) is 0.0638. The Hall–Kier alpha value is -6.92. The van der Waals surface area contributed by atoms with Gasteiger partial charge in [0.25, 0.3) is 0 Å². The molecule has 0 amide bonds. The molecule has 1 aliphatic rings. The number of hydrogen-bond acceptors (Lipinski definition) is 5. The minimum atomic E-state index is -0.215. The number of furan rings is 1. The summed E-state index contributed by atoms with van der Waals surface area (Å²) in [4.78, 5) is 20.0. The molecule has 0 aliphatic heterocycles. The largest absolute Gasteiger partial charge is 0.456 e. The molecule has 0 N–H and O–H groups in total. The second-order valence-corrected chi connectivity index (χ2v) is 14.3. The van der Waals surface area contributed by atoms with Crippen molar-refractivity contribution in [3.63, 3.8) is 0 Å². The predicted octanol–water partition coefficient (Wildman–Crippen LogP) is 11.6. The quantitative estimate of drug-likeness (QED) is 0.185. The molecule has 6 heteroatoms. The zero-order chi connectivity index (χ0) is 35.3. The highest BCUT2D eigenvalue weighted by Gasteiger charge is 2.36. The molecule has 0 atom stereocenters. The molecule has 4 aromatic heterocycles. The molecule has 6 nitrogen and oxygen atoms in total. The van der Waals surface area contributed by atoms with Crippen molar-refractivity contribution >= 4 is 43.9 Å². The summed E-state index contributed by atoms with van der Waals surface area (Å²) in [6.45, 7) is 4.63. The van der Waals surface area contributed by atoms with Crippen molar-refractivity contribution in [2.45, 2.75) is 19.3 Å². The van der Waals surface area contributed by atoms with E-state index in [4.69, 9.17) is 24.4 Å². The summed E-state index contributed by atoms with van der Waals surface area (Å²) in [6, 6.07) is 50.6. The normalized spacial score (nSPS) is 13.2. The molecule has 0 radical (unpaired) electrons. The van der Waals surface area contributed by atoms with Crippen LogP contribution in [0, 0.1) is 0 Å². The van der Waals surface area contributed by atoms with Crippen molar-refractivity contribution in [2.75, 3.05) is 0 Å². The molecule has 53 heavy (non-hydrogen) atoms. The highest BCUT2D eigenvalue weighted by Crippen LogP contribution is 2.50. The molecular formula is C47H31N5O. The number of fused-ring (bicyclic) bond motifs is 9. The second-order valence-electron chi connectivity index (χ2n) is 14.3. The average Bonchev–Trinajstić information content (AvgIpc) is 3.83. The van der Waals surface area contributed by atoms with Gasteiger partial charge in [0.1, 0.15) is 16.8 Å². The van der Waals surface area contributed by atoms with Gasteiger partial charge in [-0.25, -0.2) is 19.9 Å². The van der Waals surface area contributed by atoms with Gasteiger partial charge in [-0.1, -0.05) is 105 Å². The first-order valence-electron chi connectivity index (χ1n) is 17.9. The van der Waals surface area contributed by atoms with Crippen molar-refractivity contribution < 1.29 is 4.42 Å². The van der Waals surface area contributed by atoms with Gasteiger partial charge in [-0.15, -0.1) is 0 Å². The zero-order valence-corrected chi connectivity index (χ0v) is 29.1. The Balaban J connectivity index is 1.06. The van der Waals surface area contributed by atoms with E-state index in [-0.39, 0.29) is 5.41 Å². The summed E-state index contributed by atoms with van der Waals surface area (Å²) in [5, 5.41) is 4.52. The number of hydrogen-bond donors (Lipinski definition) is 0. The monoisotopic (exact) mass is 681 g/mol. The molecule has 4 heterocycles. The molecule has 0 fully saturated rings. The van der Waals surface area contributed by atoms with Gasteiger partial charge in [0.2, 0.25) is 0 Å². The summed E-state index contributed by atoms with van der Waals surface area (Å²) in [7, 11) is 0. The highest BCUT2D eigenvalue weighted by molar-refractivity contribution is 6.08. The third-order valence-electron chi connectivity index (χ3n) is 10.9. The maximum Gasteiger partial charge on any atom is 0.164 e. The fourth-order valence-corrected chi connectivity index (χ4v) is 8.29. The van der Waals surface area contributed by atoms with Crippen LogP contribution in [-0.4, -0.2) is 24.5 Å². The van der Waals surface area contributed by atoms with Crippen LogP contribution in [0.1, 0.15) is 25.0 Å². The summed E-state index contributed by atoms with van der Waals surface area (Å²) >= 11 is 0. The van der Waals surface area contributed by atoms with Crippen LogP contribution in [0.15, 0.2) is 156 Å². The molecule has 250 valence electrons. The molecule has 0 spiro atoms. The number of aromatic nitrogens is 5. The SMILES string of the molecule is CC1(C)c2ccc(-c3nc(-c4ccccc4)nc(-c4ccc5c(c4)oc4ccccc45)n3)cc2-c2ccc(-n3c4ccccc4c4cccnc43)cc21. The van der Waals surface area contributed by atoms with E-state index >= 15 is 0 Å². The van der Waals surface area contributed by atoms with Gasteiger partial charge in [0, 0.05) is 55.5 Å². The average molecular weight is 682 g/mol. The number of pyridine rings is 1. The van der Waals surface area contributed by atoms with Gasteiger partial charge in [0.05, 0.1) is 5.52 Å². The number of para-hydroxylation sites is 2. The van der Waals surface area contributed by atoms with Crippen LogP contribution in [0.4, 0.5) is 0 Å². The fourth-order valence-electron chi connectivity index (χ4n) is 8.29. The van der Waals surface area contributed by atoms with Gasteiger partial charge in [-0.2, -0.15) is 0 Å². The number of rotatable bonds is 4. The Kier molecular flexibility index (Phi) is 6.20. The third-order valence-corrected chi connectivity index (χ3v) is 10.9. The summed E-state index contributed by atoms with van der Waals surface area (Å²) in [6.07, 6.45) is 1.87. The lowest BCUT2D eigenvalue weighted by molar-refractivity contribution is 0.660. The van der Waals surface area contributed by atoms with Crippen molar-refractivity contribution in [3.8, 4) is 51.0 Å². The van der Waals surface area contributed by atoms with Crippen LogP contribution in [0.5, 0.6) is 0 Å². The molecular weight excluding hydrogens is 651 g/mol. The van der Waals surface area contributed by atoms with Gasteiger partial charge < -0.3 is 4.42 Å². The van der Waals surface area contributed by atoms with E-state index in [9.17, 15) is 0 Å². The van der Waals surface area contributed by atoms with Crippen LogP contribution in [-0.2, 0) is 5.41 Å². The van der Waals surface area contributed by atoms with Crippen LogP contribution < -0.4 is 0 Å². The molecule has 6 aromatic carbocycles. The lowest BCUT2D eigenvalue weighted by Gasteiger charge is -2.22. The molecule has 10 aromatic rings. The first kappa shape index (κ1) is 29.8. The standard InChI is InChI=1S/C47H31N5O/c1-47(2)38-23-19-29(25-37(38)32-22-20-31(27-39(32)47)52-40-16-8-6-13-33(40)36-15-10-24-48-46(36)52)44-49-43(28-11-4-3-5-12-28)50-45(51-44)30-18-21-35-34-14-7-9-17-41(34)53-42(35)26-30/h3-27H,1-2H3. The Morgan fingerprint density at radius 1 is 0.491 bits per heavy atom. The number of benzene rings is 6. The lowest BCUT2D eigenvalue weighted by Crippen LogP contribution is -2.15. The zero-order valence-electron chi connectivity index (χ0n) is 29.1. The molecule has 0 saturated carbocycles. The van der Waals surface area contributed by atoms with E-state index in [0.29, 0.717) is 17.5 Å². The first-order valence-corrected chi connectivity index (χ1v) is 17.9. The van der Waals surface area contributed by atoms with Crippen LogP contribution in [0.3, 0.4) is 0 Å².